The second-order valence-corrected chi connectivity index (χ2v) is 11.9. The number of benzene rings is 6. The highest BCUT2D eigenvalue weighted by Crippen LogP contribution is 2.39. The van der Waals surface area contributed by atoms with Crippen molar-refractivity contribution in [3.05, 3.63) is 163 Å². The molecule has 0 atom stereocenters. The van der Waals surface area contributed by atoms with Gasteiger partial charge in [0.1, 0.15) is 5.65 Å². The molecule has 0 aliphatic rings. The maximum Gasteiger partial charge on any atom is 0.145 e. The van der Waals surface area contributed by atoms with Gasteiger partial charge in [0.15, 0.2) is 0 Å². The number of pyridine rings is 1. The largest absolute Gasteiger partial charge is 0.309 e. The van der Waals surface area contributed by atoms with Crippen molar-refractivity contribution in [2.45, 2.75) is 0 Å². The summed E-state index contributed by atoms with van der Waals surface area (Å²) < 4.78 is 4.55. The Kier molecular flexibility index (Phi) is 6.18. The molecule has 9 aromatic rings. The number of para-hydroxylation sites is 2. The van der Waals surface area contributed by atoms with Crippen molar-refractivity contribution in [1.82, 2.24) is 14.1 Å². The molecule has 222 valence electrons. The van der Waals surface area contributed by atoms with Crippen molar-refractivity contribution in [3.8, 4) is 45.8 Å². The Morgan fingerprint density at radius 2 is 1.00 bits per heavy atom. The van der Waals surface area contributed by atoms with Crippen LogP contribution in [0.1, 0.15) is 11.1 Å². The van der Waals surface area contributed by atoms with Gasteiger partial charge in [-0.3, -0.25) is 4.57 Å². The summed E-state index contributed by atoms with van der Waals surface area (Å²) in [6, 6.07) is 54.3. The summed E-state index contributed by atoms with van der Waals surface area (Å²) in [6.07, 6.45) is 1.85. The lowest BCUT2D eigenvalue weighted by Crippen LogP contribution is -2.01. The van der Waals surface area contributed by atoms with Gasteiger partial charge in [-0.2, -0.15) is 10.5 Å². The molecule has 0 aliphatic heterocycles. The highest BCUT2D eigenvalue weighted by Gasteiger charge is 2.19. The zero-order valence-electron chi connectivity index (χ0n) is 25.7. The van der Waals surface area contributed by atoms with Crippen molar-refractivity contribution in [3.63, 3.8) is 0 Å². The summed E-state index contributed by atoms with van der Waals surface area (Å²) >= 11 is 0. The van der Waals surface area contributed by atoms with Crippen LogP contribution in [0.2, 0.25) is 0 Å². The van der Waals surface area contributed by atoms with Crippen LogP contribution in [0.4, 0.5) is 0 Å². The number of nitrogens with zero attached hydrogens (tertiary/aromatic N) is 5. The molecular formula is C43H25N5. The number of aromatic nitrogens is 3. The average Bonchev–Trinajstić information content (AvgIpc) is 3.67. The second-order valence-electron chi connectivity index (χ2n) is 11.9. The Morgan fingerprint density at radius 3 is 1.73 bits per heavy atom. The van der Waals surface area contributed by atoms with E-state index in [-0.39, 0.29) is 0 Å². The maximum absolute atomic E-state index is 9.74. The first-order chi connectivity index (χ1) is 23.7. The van der Waals surface area contributed by atoms with Gasteiger partial charge < -0.3 is 4.57 Å². The van der Waals surface area contributed by atoms with Gasteiger partial charge in [-0.05, 0) is 95.1 Å². The Bertz CT molecular complexity index is 2750. The maximum atomic E-state index is 9.74. The molecule has 5 nitrogen and oxygen atoms in total. The molecule has 0 radical (unpaired) electrons. The van der Waals surface area contributed by atoms with E-state index in [1.165, 1.54) is 0 Å². The van der Waals surface area contributed by atoms with Crippen LogP contribution in [-0.2, 0) is 0 Å². The van der Waals surface area contributed by atoms with Crippen LogP contribution in [0.25, 0.3) is 77.4 Å². The quantitative estimate of drug-likeness (QED) is 0.199. The highest BCUT2D eigenvalue weighted by molar-refractivity contribution is 6.10. The highest BCUT2D eigenvalue weighted by atomic mass is 15.1. The minimum atomic E-state index is 0.630. The van der Waals surface area contributed by atoms with E-state index in [4.69, 9.17) is 4.98 Å². The summed E-state index contributed by atoms with van der Waals surface area (Å²) in [6.45, 7) is 0. The van der Waals surface area contributed by atoms with E-state index in [1.807, 2.05) is 60.8 Å². The Balaban J connectivity index is 1.39. The molecular weight excluding hydrogens is 587 g/mol. The van der Waals surface area contributed by atoms with Gasteiger partial charge in [0, 0.05) is 33.4 Å². The molecule has 0 aliphatic carbocycles. The fourth-order valence-corrected chi connectivity index (χ4v) is 7.10. The molecule has 9 rings (SSSR count). The molecule has 0 fully saturated rings. The zero-order chi connectivity index (χ0) is 32.2. The van der Waals surface area contributed by atoms with Crippen molar-refractivity contribution in [1.29, 1.82) is 10.5 Å². The molecule has 5 heteroatoms. The van der Waals surface area contributed by atoms with Gasteiger partial charge >= 0.3 is 0 Å². The van der Waals surface area contributed by atoms with Crippen molar-refractivity contribution < 1.29 is 0 Å². The van der Waals surface area contributed by atoms with E-state index >= 15 is 0 Å². The number of fused-ring (bicyclic) bond motifs is 6. The summed E-state index contributed by atoms with van der Waals surface area (Å²) in [7, 11) is 0. The molecule has 6 aromatic carbocycles. The van der Waals surface area contributed by atoms with E-state index in [9.17, 15) is 10.5 Å². The third kappa shape index (κ3) is 4.20. The zero-order valence-corrected chi connectivity index (χ0v) is 25.7. The first kappa shape index (κ1) is 27.4. The van der Waals surface area contributed by atoms with Crippen molar-refractivity contribution in [2.75, 3.05) is 0 Å². The fourth-order valence-electron chi connectivity index (χ4n) is 7.10. The molecule has 48 heavy (non-hydrogen) atoms. The standard InChI is InChI=1S/C43H25N5/c44-26-28-15-18-30(19-16-28)34-8-1-2-9-35(34)31-23-32(47-40-13-5-4-11-37(40)39-22-29(27-45)17-20-42(39)47)25-33(24-31)48-41-14-6-3-10-36(41)38-12-7-21-46-43(38)48/h1-25H. The van der Waals surface area contributed by atoms with Crippen LogP contribution < -0.4 is 0 Å². The van der Waals surface area contributed by atoms with E-state index < -0.39 is 0 Å². The molecule has 3 aromatic heterocycles. The summed E-state index contributed by atoms with van der Waals surface area (Å²) in [5.41, 5.74) is 11.5. The molecule has 0 bridgehead atoms. The van der Waals surface area contributed by atoms with E-state index in [2.05, 4.69) is 112 Å². The lowest BCUT2D eigenvalue weighted by molar-refractivity contribution is 1.11. The molecule has 0 saturated heterocycles. The average molecular weight is 612 g/mol. The van der Waals surface area contributed by atoms with Crippen molar-refractivity contribution in [2.24, 2.45) is 0 Å². The normalized spacial score (nSPS) is 11.3. The first-order valence-electron chi connectivity index (χ1n) is 15.7. The third-order valence-corrected chi connectivity index (χ3v) is 9.22. The van der Waals surface area contributed by atoms with Gasteiger partial charge in [-0.1, -0.05) is 72.8 Å². The molecule has 0 N–H and O–H groups in total. The molecule has 0 unspecified atom stereocenters. The minimum Gasteiger partial charge on any atom is -0.309 e. The van der Waals surface area contributed by atoms with Crippen LogP contribution >= 0.6 is 0 Å². The van der Waals surface area contributed by atoms with E-state index in [0.29, 0.717) is 11.1 Å². The number of nitriles is 2. The Labute approximate surface area is 276 Å². The monoisotopic (exact) mass is 611 g/mol. The molecule has 3 heterocycles. The van der Waals surface area contributed by atoms with E-state index in [0.717, 1.165) is 77.4 Å². The predicted molar refractivity (Wildman–Crippen MR) is 193 cm³/mol. The molecule has 0 amide bonds. The minimum absolute atomic E-state index is 0.630. The smallest absolute Gasteiger partial charge is 0.145 e. The Hall–Kier alpha value is -6.95. The SMILES string of the molecule is N#Cc1ccc(-c2ccccc2-c2cc(-n3c4ccccc4c4cc(C#N)ccc43)cc(-n3c4ccccc4c4cccnc43)c2)cc1. The number of hydrogen-bond acceptors (Lipinski definition) is 3. The van der Waals surface area contributed by atoms with Gasteiger partial charge in [0.2, 0.25) is 0 Å². The van der Waals surface area contributed by atoms with Gasteiger partial charge in [0.05, 0.1) is 45.5 Å². The Morgan fingerprint density at radius 1 is 0.438 bits per heavy atom. The summed E-state index contributed by atoms with van der Waals surface area (Å²) in [5, 5.41) is 23.5. The van der Waals surface area contributed by atoms with Crippen LogP contribution in [0.5, 0.6) is 0 Å². The van der Waals surface area contributed by atoms with Crippen LogP contribution in [0.15, 0.2) is 152 Å². The lowest BCUT2D eigenvalue weighted by Gasteiger charge is -2.17. The van der Waals surface area contributed by atoms with Crippen LogP contribution in [-0.4, -0.2) is 14.1 Å². The molecule has 0 saturated carbocycles. The van der Waals surface area contributed by atoms with Crippen LogP contribution in [0.3, 0.4) is 0 Å². The predicted octanol–water partition coefficient (Wildman–Crippen LogP) is 10.4. The topological polar surface area (TPSA) is 70.3 Å². The van der Waals surface area contributed by atoms with Gasteiger partial charge in [-0.25, -0.2) is 4.98 Å². The summed E-state index contributed by atoms with van der Waals surface area (Å²) in [5.74, 6) is 0. The number of hydrogen-bond donors (Lipinski definition) is 0. The van der Waals surface area contributed by atoms with Gasteiger partial charge in [0.25, 0.3) is 0 Å². The fraction of sp³-hybridized carbons (Fsp3) is 0. The number of rotatable bonds is 4. The first-order valence-corrected chi connectivity index (χ1v) is 15.7. The summed E-state index contributed by atoms with van der Waals surface area (Å²) in [4.78, 5) is 4.89. The molecule has 0 spiro atoms. The lowest BCUT2D eigenvalue weighted by atomic mass is 9.93. The van der Waals surface area contributed by atoms with Crippen LogP contribution in [0, 0.1) is 22.7 Å². The third-order valence-electron chi connectivity index (χ3n) is 9.22. The van der Waals surface area contributed by atoms with Crippen molar-refractivity contribution >= 4 is 43.7 Å². The second kappa shape index (κ2) is 10.8. The van der Waals surface area contributed by atoms with Gasteiger partial charge in [-0.15, -0.1) is 0 Å². The van der Waals surface area contributed by atoms with E-state index in [1.54, 1.807) is 0 Å².